The second-order valence-corrected chi connectivity index (χ2v) is 7.96. The van der Waals surface area contributed by atoms with Gasteiger partial charge in [0.25, 0.3) is 0 Å². The summed E-state index contributed by atoms with van der Waals surface area (Å²) in [6, 6.07) is 9.96. The van der Waals surface area contributed by atoms with E-state index in [4.69, 9.17) is 14.9 Å². The molecule has 2 rings (SSSR count). The number of aliphatic imine (C=N–C) groups is 1. The van der Waals surface area contributed by atoms with Crippen molar-refractivity contribution in [3.8, 4) is 0 Å². The van der Waals surface area contributed by atoms with E-state index in [1.807, 2.05) is 30.3 Å². The Hall–Kier alpha value is -1.94. The number of hydrogen-bond donors (Lipinski definition) is 1. The number of rotatable bonds is 8. The van der Waals surface area contributed by atoms with Crippen LogP contribution in [0.4, 0.5) is 0 Å². The SMILES string of the molecule is C=C(OCc1ccccc1)/C(COC)=N\C(=N)CC1CC(C)CCC(C)C1. The molecule has 0 amide bonds. The fourth-order valence-corrected chi connectivity index (χ4v) is 3.83. The van der Waals surface area contributed by atoms with E-state index >= 15 is 0 Å². The largest absolute Gasteiger partial charge is 0.488 e. The Morgan fingerprint density at radius 2 is 1.78 bits per heavy atom. The molecule has 1 aromatic carbocycles. The van der Waals surface area contributed by atoms with Crippen LogP contribution in [0.25, 0.3) is 0 Å². The summed E-state index contributed by atoms with van der Waals surface area (Å²) in [5.41, 5.74) is 1.68. The fourth-order valence-electron chi connectivity index (χ4n) is 3.83. The van der Waals surface area contributed by atoms with Crippen molar-refractivity contribution in [2.45, 2.75) is 52.6 Å². The molecule has 1 saturated carbocycles. The number of methoxy groups -OCH3 is 1. The molecule has 1 aromatic rings. The van der Waals surface area contributed by atoms with E-state index in [2.05, 4.69) is 25.4 Å². The molecule has 4 heteroatoms. The minimum Gasteiger partial charge on any atom is -0.488 e. The second-order valence-electron chi connectivity index (χ2n) is 7.96. The monoisotopic (exact) mass is 370 g/mol. The lowest BCUT2D eigenvalue weighted by Gasteiger charge is -2.18. The maximum Gasteiger partial charge on any atom is 0.136 e. The highest BCUT2D eigenvalue weighted by Crippen LogP contribution is 2.33. The summed E-state index contributed by atoms with van der Waals surface area (Å²) in [5.74, 6) is 2.89. The normalized spacial score (nSPS) is 23.5. The quantitative estimate of drug-likeness (QED) is 0.279. The molecule has 0 spiro atoms. The first-order chi connectivity index (χ1) is 13.0. The van der Waals surface area contributed by atoms with E-state index < -0.39 is 0 Å². The van der Waals surface area contributed by atoms with Crippen molar-refractivity contribution in [2.24, 2.45) is 22.7 Å². The van der Waals surface area contributed by atoms with E-state index in [1.165, 1.54) is 25.7 Å². The Morgan fingerprint density at radius 3 is 2.37 bits per heavy atom. The third-order valence-corrected chi connectivity index (χ3v) is 5.23. The molecular weight excluding hydrogens is 336 g/mol. The lowest BCUT2D eigenvalue weighted by Crippen LogP contribution is -2.16. The summed E-state index contributed by atoms with van der Waals surface area (Å²) < 4.78 is 11.0. The van der Waals surface area contributed by atoms with Gasteiger partial charge in [0.05, 0.1) is 6.61 Å². The van der Waals surface area contributed by atoms with Crippen LogP contribution in [-0.4, -0.2) is 25.3 Å². The smallest absolute Gasteiger partial charge is 0.136 e. The third-order valence-electron chi connectivity index (χ3n) is 5.23. The summed E-state index contributed by atoms with van der Waals surface area (Å²) in [5, 5.41) is 8.39. The fraction of sp³-hybridized carbons (Fsp3) is 0.565. The van der Waals surface area contributed by atoms with Crippen LogP contribution in [0.2, 0.25) is 0 Å². The summed E-state index contributed by atoms with van der Waals surface area (Å²) in [4.78, 5) is 4.50. The van der Waals surface area contributed by atoms with Crippen LogP contribution >= 0.6 is 0 Å². The van der Waals surface area contributed by atoms with Crippen LogP contribution < -0.4 is 0 Å². The van der Waals surface area contributed by atoms with Crippen molar-refractivity contribution in [1.29, 1.82) is 5.41 Å². The molecule has 0 radical (unpaired) electrons. The van der Waals surface area contributed by atoms with Gasteiger partial charge in [0.15, 0.2) is 0 Å². The molecule has 0 aromatic heterocycles. The molecule has 0 bridgehead atoms. The molecule has 148 valence electrons. The maximum absolute atomic E-state index is 8.39. The Labute approximate surface area is 164 Å². The van der Waals surface area contributed by atoms with E-state index in [-0.39, 0.29) is 0 Å². The van der Waals surface area contributed by atoms with Crippen LogP contribution in [0, 0.1) is 23.2 Å². The first kappa shape index (κ1) is 21.4. The van der Waals surface area contributed by atoms with Gasteiger partial charge in [-0.05, 0) is 36.2 Å². The molecule has 1 aliphatic carbocycles. The zero-order chi connectivity index (χ0) is 19.6. The molecule has 27 heavy (non-hydrogen) atoms. The minimum absolute atomic E-state index is 0.299. The highest BCUT2D eigenvalue weighted by Gasteiger charge is 2.22. The first-order valence-corrected chi connectivity index (χ1v) is 9.97. The van der Waals surface area contributed by atoms with Gasteiger partial charge in [0, 0.05) is 13.5 Å². The van der Waals surface area contributed by atoms with E-state index in [9.17, 15) is 0 Å². The van der Waals surface area contributed by atoms with Gasteiger partial charge in [-0.15, -0.1) is 0 Å². The van der Waals surface area contributed by atoms with Crippen molar-refractivity contribution in [3.63, 3.8) is 0 Å². The number of nitrogens with one attached hydrogen (secondary N) is 1. The topological polar surface area (TPSA) is 54.7 Å². The molecule has 1 aliphatic rings. The molecule has 4 nitrogen and oxygen atoms in total. The average molecular weight is 371 g/mol. The summed E-state index contributed by atoms with van der Waals surface area (Å²) in [6.07, 6.45) is 5.69. The van der Waals surface area contributed by atoms with Crippen LogP contribution in [0.1, 0.15) is 51.5 Å². The molecule has 0 saturated heterocycles. The number of ether oxygens (including phenoxy) is 2. The maximum atomic E-state index is 8.39. The lowest BCUT2D eigenvalue weighted by atomic mass is 9.89. The van der Waals surface area contributed by atoms with Gasteiger partial charge in [0.2, 0.25) is 0 Å². The van der Waals surface area contributed by atoms with Gasteiger partial charge >= 0.3 is 0 Å². The summed E-state index contributed by atoms with van der Waals surface area (Å²) in [7, 11) is 1.62. The standard InChI is InChI=1S/C23H34N2O2/c1-17-10-11-18(2)13-21(12-17)14-23(24)25-22(16-26-4)19(3)27-15-20-8-6-5-7-9-20/h5-9,17-18,21,24H,3,10-16H2,1-2,4H3/b24-23?,25-22-. The predicted molar refractivity (Wildman–Crippen MR) is 112 cm³/mol. The lowest BCUT2D eigenvalue weighted by molar-refractivity contribution is 0.206. The van der Waals surface area contributed by atoms with Crippen LogP contribution in [0.5, 0.6) is 0 Å². The zero-order valence-electron chi connectivity index (χ0n) is 17.0. The van der Waals surface area contributed by atoms with Crippen molar-refractivity contribution >= 4 is 11.5 Å². The van der Waals surface area contributed by atoms with Crippen molar-refractivity contribution in [3.05, 3.63) is 48.2 Å². The highest BCUT2D eigenvalue weighted by atomic mass is 16.5. The molecule has 1 N–H and O–H groups in total. The Bertz CT molecular complexity index is 627. The Balaban J connectivity index is 1.95. The number of amidine groups is 1. The van der Waals surface area contributed by atoms with E-state index in [0.29, 0.717) is 42.9 Å². The minimum atomic E-state index is 0.299. The summed E-state index contributed by atoms with van der Waals surface area (Å²) >= 11 is 0. The van der Waals surface area contributed by atoms with E-state index in [0.717, 1.165) is 17.4 Å². The van der Waals surface area contributed by atoms with Crippen molar-refractivity contribution in [2.75, 3.05) is 13.7 Å². The van der Waals surface area contributed by atoms with Crippen LogP contribution in [-0.2, 0) is 16.1 Å². The van der Waals surface area contributed by atoms with Gasteiger partial charge in [-0.25, -0.2) is 4.99 Å². The molecular formula is C23H34N2O2. The molecule has 0 heterocycles. The molecule has 2 unspecified atom stereocenters. The highest BCUT2D eigenvalue weighted by molar-refractivity contribution is 6.06. The zero-order valence-corrected chi connectivity index (χ0v) is 17.0. The van der Waals surface area contributed by atoms with Gasteiger partial charge in [-0.1, -0.05) is 63.6 Å². The number of hydrogen-bond acceptors (Lipinski definition) is 3. The Kier molecular flexibility index (Phi) is 8.73. The van der Waals surface area contributed by atoms with Crippen molar-refractivity contribution in [1.82, 2.24) is 0 Å². The third kappa shape index (κ3) is 7.67. The van der Waals surface area contributed by atoms with Gasteiger partial charge in [0.1, 0.15) is 23.9 Å². The average Bonchev–Trinajstić information content (AvgIpc) is 2.80. The van der Waals surface area contributed by atoms with Crippen LogP contribution in [0.15, 0.2) is 47.7 Å². The number of nitrogens with zero attached hydrogens (tertiary/aromatic N) is 1. The second kappa shape index (κ2) is 11.0. The van der Waals surface area contributed by atoms with Gasteiger partial charge in [-0.3, -0.25) is 5.41 Å². The Morgan fingerprint density at radius 1 is 1.15 bits per heavy atom. The first-order valence-electron chi connectivity index (χ1n) is 9.97. The van der Waals surface area contributed by atoms with Gasteiger partial charge < -0.3 is 9.47 Å². The number of benzene rings is 1. The predicted octanol–water partition coefficient (Wildman–Crippen LogP) is 5.63. The molecule has 2 atom stereocenters. The molecule has 0 aliphatic heterocycles. The van der Waals surface area contributed by atoms with Crippen molar-refractivity contribution < 1.29 is 9.47 Å². The summed E-state index contributed by atoms with van der Waals surface area (Å²) in [6.45, 7) is 9.39. The molecule has 1 fully saturated rings. The van der Waals surface area contributed by atoms with E-state index in [1.54, 1.807) is 7.11 Å². The van der Waals surface area contributed by atoms with Gasteiger partial charge in [-0.2, -0.15) is 0 Å². The van der Waals surface area contributed by atoms with Crippen LogP contribution in [0.3, 0.4) is 0 Å².